The minimum absolute atomic E-state index is 0.00462. The molecule has 2 heterocycles. The number of aromatic hydroxyl groups is 1. The van der Waals surface area contributed by atoms with Crippen molar-refractivity contribution in [2.75, 3.05) is 13.1 Å². The van der Waals surface area contributed by atoms with Gasteiger partial charge in [0.25, 0.3) is 5.91 Å². The summed E-state index contributed by atoms with van der Waals surface area (Å²) in [6.07, 6.45) is 0. The molecule has 1 unspecified atom stereocenters. The lowest BCUT2D eigenvalue weighted by atomic mass is 9.91. The summed E-state index contributed by atoms with van der Waals surface area (Å²) >= 11 is 6.14. The fourth-order valence-electron chi connectivity index (χ4n) is 3.40. The van der Waals surface area contributed by atoms with Gasteiger partial charge in [0.05, 0.1) is 0 Å². The van der Waals surface area contributed by atoms with Crippen molar-refractivity contribution < 1.29 is 9.90 Å². The molecule has 5 heteroatoms. The van der Waals surface area contributed by atoms with E-state index in [1.807, 2.05) is 17.0 Å². The van der Waals surface area contributed by atoms with Gasteiger partial charge in [-0.25, -0.2) is 0 Å². The summed E-state index contributed by atoms with van der Waals surface area (Å²) in [6, 6.07) is 12.3. The number of hydrogen-bond acceptors (Lipinski definition) is 3. The van der Waals surface area contributed by atoms with Crippen molar-refractivity contribution in [1.29, 1.82) is 0 Å². The minimum atomic E-state index is -0.726. The van der Waals surface area contributed by atoms with Crippen LogP contribution < -0.4 is 5.32 Å². The first-order valence-corrected chi connectivity index (χ1v) is 7.17. The van der Waals surface area contributed by atoms with Crippen LogP contribution in [0.5, 0.6) is 5.75 Å². The third kappa shape index (κ3) is 1.57. The van der Waals surface area contributed by atoms with Crippen molar-refractivity contribution in [3.63, 3.8) is 0 Å². The van der Waals surface area contributed by atoms with Crippen LogP contribution in [0.15, 0.2) is 42.5 Å². The van der Waals surface area contributed by atoms with Crippen molar-refractivity contribution in [3.8, 4) is 5.75 Å². The third-order valence-electron chi connectivity index (χ3n) is 4.23. The van der Waals surface area contributed by atoms with Crippen LogP contribution >= 0.6 is 11.6 Å². The predicted molar refractivity (Wildman–Crippen MR) is 79.4 cm³/mol. The zero-order valence-electron chi connectivity index (χ0n) is 11.1. The van der Waals surface area contributed by atoms with Gasteiger partial charge in [0, 0.05) is 34.8 Å². The Balaban J connectivity index is 2.02. The lowest BCUT2D eigenvalue weighted by Crippen LogP contribution is -2.46. The Morgan fingerprint density at radius 2 is 2.10 bits per heavy atom. The van der Waals surface area contributed by atoms with Crippen LogP contribution in [0.3, 0.4) is 0 Å². The molecule has 2 aliphatic rings. The molecule has 2 aliphatic heterocycles. The molecule has 106 valence electrons. The number of rotatable bonds is 1. The number of halogens is 1. The Morgan fingerprint density at radius 1 is 1.24 bits per heavy atom. The summed E-state index contributed by atoms with van der Waals surface area (Å²) in [5.74, 6) is 0.175. The Hall–Kier alpha value is -2.04. The highest BCUT2D eigenvalue weighted by Gasteiger charge is 2.53. The molecule has 1 atom stereocenters. The van der Waals surface area contributed by atoms with Crippen LogP contribution in [-0.4, -0.2) is 29.0 Å². The number of hydrogen-bond donors (Lipinski definition) is 2. The molecule has 1 saturated heterocycles. The van der Waals surface area contributed by atoms with E-state index in [2.05, 4.69) is 5.32 Å². The largest absolute Gasteiger partial charge is 0.508 e. The molecule has 4 nitrogen and oxygen atoms in total. The zero-order chi connectivity index (χ0) is 14.6. The third-order valence-corrected chi connectivity index (χ3v) is 4.47. The summed E-state index contributed by atoms with van der Waals surface area (Å²) in [5, 5.41) is 13.8. The number of phenols is 1. The molecule has 1 amide bonds. The van der Waals surface area contributed by atoms with Gasteiger partial charge in [-0.3, -0.25) is 10.1 Å². The Morgan fingerprint density at radius 3 is 2.90 bits per heavy atom. The van der Waals surface area contributed by atoms with Crippen LogP contribution in [0.1, 0.15) is 21.5 Å². The highest BCUT2D eigenvalue weighted by atomic mass is 35.5. The second kappa shape index (κ2) is 4.23. The molecule has 0 aromatic heterocycles. The molecule has 1 fully saturated rings. The zero-order valence-corrected chi connectivity index (χ0v) is 11.9. The number of fused-ring (bicyclic) bond motifs is 3. The average molecular weight is 301 g/mol. The van der Waals surface area contributed by atoms with E-state index in [9.17, 15) is 9.90 Å². The highest BCUT2D eigenvalue weighted by molar-refractivity contribution is 6.30. The summed E-state index contributed by atoms with van der Waals surface area (Å²) in [4.78, 5) is 14.4. The van der Waals surface area contributed by atoms with Crippen LogP contribution in [0.4, 0.5) is 0 Å². The molecule has 2 N–H and O–H groups in total. The van der Waals surface area contributed by atoms with Gasteiger partial charge < -0.3 is 10.0 Å². The number of nitrogens with zero attached hydrogens (tertiary/aromatic N) is 1. The number of carbonyl (C=O) groups excluding carboxylic acids is 1. The normalized spacial score (nSPS) is 23.3. The van der Waals surface area contributed by atoms with Crippen LogP contribution in [0.2, 0.25) is 5.02 Å². The van der Waals surface area contributed by atoms with Gasteiger partial charge in [-0.05, 0) is 30.3 Å². The first-order chi connectivity index (χ1) is 10.1. The summed E-state index contributed by atoms with van der Waals surface area (Å²) < 4.78 is 0. The quantitative estimate of drug-likeness (QED) is 0.850. The van der Waals surface area contributed by atoms with Gasteiger partial charge in [0.15, 0.2) is 0 Å². The number of carbonyl (C=O) groups is 1. The van der Waals surface area contributed by atoms with Gasteiger partial charge in [-0.2, -0.15) is 0 Å². The average Bonchev–Trinajstić information content (AvgIpc) is 3.00. The molecular weight excluding hydrogens is 288 g/mol. The standard InChI is InChI=1S/C16H13ClN2O2/c17-11-4-5-13-14(9-11)16(10-2-1-3-12(20)8-10)18-6-7-19(16)15(13)21/h1-5,8-9,18,20H,6-7H2. The molecule has 0 spiro atoms. The van der Waals surface area contributed by atoms with E-state index in [-0.39, 0.29) is 11.7 Å². The minimum Gasteiger partial charge on any atom is -0.508 e. The molecule has 2 aromatic carbocycles. The number of nitrogens with one attached hydrogen (secondary N) is 1. The molecule has 0 aliphatic carbocycles. The van der Waals surface area contributed by atoms with Crippen molar-refractivity contribution in [1.82, 2.24) is 10.2 Å². The predicted octanol–water partition coefficient (Wildman–Crippen LogP) is 2.31. The maximum Gasteiger partial charge on any atom is 0.256 e. The molecule has 4 rings (SSSR count). The van der Waals surface area contributed by atoms with E-state index >= 15 is 0 Å². The summed E-state index contributed by atoms with van der Waals surface area (Å²) in [7, 11) is 0. The molecular formula is C16H13ClN2O2. The molecule has 2 aromatic rings. The summed E-state index contributed by atoms with van der Waals surface area (Å²) in [6.45, 7) is 1.33. The Bertz CT molecular complexity index is 762. The number of amides is 1. The molecule has 21 heavy (non-hydrogen) atoms. The molecule has 0 bridgehead atoms. The van der Waals surface area contributed by atoms with Crippen molar-refractivity contribution >= 4 is 17.5 Å². The second-order valence-electron chi connectivity index (χ2n) is 5.33. The van der Waals surface area contributed by atoms with E-state index in [0.29, 0.717) is 23.7 Å². The van der Waals surface area contributed by atoms with E-state index in [1.54, 1.807) is 30.3 Å². The van der Waals surface area contributed by atoms with Gasteiger partial charge in [-0.1, -0.05) is 23.7 Å². The van der Waals surface area contributed by atoms with Crippen molar-refractivity contribution in [2.45, 2.75) is 5.66 Å². The van der Waals surface area contributed by atoms with E-state index < -0.39 is 5.66 Å². The fraction of sp³-hybridized carbons (Fsp3) is 0.188. The molecule has 0 saturated carbocycles. The lowest BCUT2D eigenvalue weighted by molar-refractivity contribution is 0.0694. The monoisotopic (exact) mass is 300 g/mol. The highest BCUT2D eigenvalue weighted by Crippen LogP contribution is 2.45. The van der Waals surface area contributed by atoms with Crippen LogP contribution in [0, 0.1) is 0 Å². The van der Waals surface area contributed by atoms with E-state index in [4.69, 9.17) is 11.6 Å². The topological polar surface area (TPSA) is 52.6 Å². The second-order valence-corrected chi connectivity index (χ2v) is 5.77. The van der Waals surface area contributed by atoms with Gasteiger partial charge >= 0.3 is 0 Å². The first kappa shape index (κ1) is 12.7. The van der Waals surface area contributed by atoms with Crippen molar-refractivity contribution in [3.05, 3.63) is 64.2 Å². The van der Waals surface area contributed by atoms with Gasteiger partial charge in [0.1, 0.15) is 11.4 Å². The number of benzene rings is 2. The van der Waals surface area contributed by atoms with Crippen molar-refractivity contribution in [2.24, 2.45) is 0 Å². The smallest absolute Gasteiger partial charge is 0.256 e. The van der Waals surface area contributed by atoms with Crippen LogP contribution in [0.25, 0.3) is 0 Å². The maximum atomic E-state index is 12.6. The van der Waals surface area contributed by atoms with E-state index in [0.717, 1.165) is 11.1 Å². The SMILES string of the molecule is O=C1c2ccc(Cl)cc2C2(c3cccc(O)c3)NCCN12. The van der Waals surface area contributed by atoms with Crippen LogP contribution in [-0.2, 0) is 5.66 Å². The van der Waals surface area contributed by atoms with E-state index in [1.165, 1.54) is 0 Å². The Kier molecular flexibility index (Phi) is 2.55. The maximum absolute atomic E-state index is 12.6. The Labute approximate surface area is 127 Å². The number of phenolic OH excluding ortho intramolecular Hbond substituents is 1. The van der Waals surface area contributed by atoms with Gasteiger partial charge in [-0.15, -0.1) is 0 Å². The first-order valence-electron chi connectivity index (χ1n) is 6.79. The fourth-order valence-corrected chi connectivity index (χ4v) is 3.57. The lowest BCUT2D eigenvalue weighted by Gasteiger charge is -2.33. The van der Waals surface area contributed by atoms with Gasteiger partial charge in [0.2, 0.25) is 0 Å². The molecule has 0 radical (unpaired) electrons. The summed E-state index contributed by atoms with van der Waals surface area (Å²) in [5.41, 5.74) is 1.63.